The number of hydrogen-bond acceptors (Lipinski definition) is 6. The van der Waals surface area contributed by atoms with Crippen molar-refractivity contribution in [1.29, 1.82) is 0 Å². The highest BCUT2D eigenvalue weighted by Crippen LogP contribution is 2.35. The molecule has 1 N–H and O–H groups in total. The van der Waals surface area contributed by atoms with Gasteiger partial charge >= 0.3 is 0 Å². The number of benzene rings is 3. The lowest BCUT2D eigenvalue weighted by Crippen LogP contribution is -2.27. The largest absolute Gasteiger partial charge is 0.490 e. The molecule has 37 heavy (non-hydrogen) atoms. The summed E-state index contributed by atoms with van der Waals surface area (Å²) < 4.78 is 12.3. The SMILES string of the molecule is CCOc1cc(/C=C2/SC(=O)N(Cc3cccc(Br)c3)C2=O)ccc1OCC(=O)Nc1cccc(C)c1. The van der Waals surface area contributed by atoms with E-state index in [9.17, 15) is 14.4 Å². The first-order valence-corrected chi connectivity index (χ1v) is 13.2. The molecule has 1 saturated heterocycles. The van der Waals surface area contributed by atoms with Gasteiger partial charge in [-0.25, -0.2) is 0 Å². The number of carbonyl (C=O) groups is 3. The minimum absolute atomic E-state index is 0.193. The highest BCUT2D eigenvalue weighted by molar-refractivity contribution is 9.10. The van der Waals surface area contributed by atoms with Crippen LogP contribution in [0.3, 0.4) is 0 Å². The molecule has 1 fully saturated rings. The Morgan fingerprint density at radius 2 is 1.84 bits per heavy atom. The van der Waals surface area contributed by atoms with Crippen molar-refractivity contribution in [2.75, 3.05) is 18.5 Å². The van der Waals surface area contributed by atoms with Crippen LogP contribution in [0.1, 0.15) is 23.6 Å². The van der Waals surface area contributed by atoms with Gasteiger partial charge in [-0.1, -0.05) is 46.3 Å². The normalized spacial score (nSPS) is 14.2. The summed E-state index contributed by atoms with van der Waals surface area (Å²) in [4.78, 5) is 39.4. The molecule has 1 aliphatic rings. The van der Waals surface area contributed by atoms with Crippen molar-refractivity contribution in [1.82, 2.24) is 4.90 Å². The molecule has 0 bridgehead atoms. The third-order valence-electron chi connectivity index (χ3n) is 5.33. The molecule has 0 spiro atoms. The number of imide groups is 1. The maximum Gasteiger partial charge on any atom is 0.293 e. The molecular formula is C28H25BrN2O5S. The second-order valence-corrected chi connectivity index (χ2v) is 10.2. The van der Waals surface area contributed by atoms with Crippen LogP contribution in [-0.2, 0) is 16.1 Å². The van der Waals surface area contributed by atoms with Gasteiger partial charge in [0.15, 0.2) is 18.1 Å². The predicted molar refractivity (Wildman–Crippen MR) is 149 cm³/mol. The van der Waals surface area contributed by atoms with Gasteiger partial charge in [-0.15, -0.1) is 0 Å². The van der Waals surface area contributed by atoms with E-state index in [4.69, 9.17) is 9.47 Å². The molecule has 4 rings (SSSR count). The van der Waals surface area contributed by atoms with Crippen molar-refractivity contribution in [2.24, 2.45) is 0 Å². The van der Waals surface area contributed by atoms with E-state index < -0.39 is 0 Å². The molecule has 0 aliphatic carbocycles. The van der Waals surface area contributed by atoms with Crippen LogP contribution in [0.15, 0.2) is 76.1 Å². The Hall–Kier alpha value is -3.56. The fourth-order valence-corrected chi connectivity index (χ4v) is 4.96. The van der Waals surface area contributed by atoms with Crippen LogP contribution in [0.2, 0.25) is 0 Å². The Bertz CT molecular complexity index is 1370. The third-order valence-corrected chi connectivity index (χ3v) is 6.73. The summed E-state index contributed by atoms with van der Waals surface area (Å²) in [6, 6.07) is 20.1. The summed E-state index contributed by atoms with van der Waals surface area (Å²) in [5.74, 6) is 0.200. The molecule has 3 amide bonds. The lowest BCUT2D eigenvalue weighted by Gasteiger charge is -2.13. The first-order chi connectivity index (χ1) is 17.8. The van der Waals surface area contributed by atoms with E-state index in [1.54, 1.807) is 24.3 Å². The molecule has 0 radical (unpaired) electrons. The van der Waals surface area contributed by atoms with Crippen molar-refractivity contribution < 1.29 is 23.9 Å². The average molecular weight is 581 g/mol. The second-order valence-electron chi connectivity index (χ2n) is 8.24. The quantitative estimate of drug-likeness (QED) is 0.294. The maximum atomic E-state index is 12.9. The molecule has 3 aromatic rings. The average Bonchev–Trinajstić information content (AvgIpc) is 3.11. The number of amides is 3. The van der Waals surface area contributed by atoms with E-state index in [2.05, 4.69) is 21.2 Å². The number of carbonyl (C=O) groups excluding carboxylic acids is 3. The highest BCUT2D eigenvalue weighted by Gasteiger charge is 2.35. The number of nitrogens with one attached hydrogen (secondary N) is 1. The van der Waals surface area contributed by atoms with Gasteiger partial charge in [0, 0.05) is 10.2 Å². The Balaban J connectivity index is 1.44. The zero-order valence-corrected chi connectivity index (χ0v) is 22.7. The predicted octanol–water partition coefficient (Wildman–Crippen LogP) is 6.41. The van der Waals surface area contributed by atoms with E-state index >= 15 is 0 Å². The van der Waals surface area contributed by atoms with Gasteiger partial charge in [0.1, 0.15) is 0 Å². The molecule has 190 valence electrons. The lowest BCUT2D eigenvalue weighted by atomic mass is 10.1. The Morgan fingerprint density at radius 3 is 2.59 bits per heavy atom. The molecule has 0 unspecified atom stereocenters. The van der Waals surface area contributed by atoms with E-state index in [0.29, 0.717) is 34.3 Å². The molecule has 3 aromatic carbocycles. The summed E-state index contributed by atoms with van der Waals surface area (Å²) in [5.41, 5.74) is 3.26. The molecule has 0 atom stereocenters. The first kappa shape index (κ1) is 26.5. The molecule has 7 nitrogen and oxygen atoms in total. The summed E-state index contributed by atoms with van der Waals surface area (Å²) in [6.45, 7) is 4.18. The number of halogens is 1. The number of hydrogen-bond donors (Lipinski definition) is 1. The Morgan fingerprint density at radius 1 is 1.03 bits per heavy atom. The summed E-state index contributed by atoms with van der Waals surface area (Å²) in [6.07, 6.45) is 1.66. The van der Waals surface area contributed by atoms with Crippen molar-refractivity contribution >= 4 is 56.5 Å². The monoisotopic (exact) mass is 580 g/mol. The fraction of sp³-hybridized carbons (Fsp3) is 0.179. The van der Waals surface area contributed by atoms with E-state index in [-0.39, 0.29) is 30.2 Å². The van der Waals surface area contributed by atoms with Crippen molar-refractivity contribution in [3.05, 3.63) is 92.8 Å². The van der Waals surface area contributed by atoms with Gasteiger partial charge in [0.25, 0.3) is 17.1 Å². The third kappa shape index (κ3) is 7.02. The Kier molecular flexibility index (Phi) is 8.68. The maximum absolute atomic E-state index is 12.9. The number of ether oxygens (including phenoxy) is 2. The summed E-state index contributed by atoms with van der Waals surface area (Å²) >= 11 is 4.31. The first-order valence-electron chi connectivity index (χ1n) is 11.6. The smallest absolute Gasteiger partial charge is 0.293 e. The van der Waals surface area contributed by atoms with Crippen LogP contribution in [0.5, 0.6) is 11.5 Å². The fourth-order valence-electron chi connectivity index (χ4n) is 3.67. The molecule has 9 heteroatoms. The van der Waals surface area contributed by atoms with Crippen LogP contribution in [0.25, 0.3) is 6.08 Å². The summed E-state index contributed by atoms with van der Waals surface area (Å²) in [7, 11) is 0. The Labute approximate surface area is 228 Å². The van der Waals surface area contributed by atoms with Crippen molar-refractivity contribution in [3.8, 4) is 11.5 Å². The van der Waals surface area contributed by atoms with E-state index in [1.165, 1.54) is 4.90 Å². The molecule has 0 saturated carbocycles. The highest BCUT2D eigenvalue weighted by atomic mass is 79.9. The molecule has 1 heterocycles. The van der Waals surface area contributed by atoms with Gasteiger partial charge in [0.2, 0.25) is 0 Å². The van der Waals surface area contributed by atoms with Crippen LogP contribution in [-0.4, -0.2) is 35.2 Å². The van der Waals surface area contributed by atoms with Gasteiger partial charge in [-0.3, -0.25) is 19.3 Å². The van der Waals surface area contributed by atoms with Gasteiger partial charge < -0.3 is 14.8 Å². The van der Waals surface area contributed by atoms with E-state index in [0.717, 1.165) is 27.4 Å². The van der Waals surface area contributed by atoms with E-state index in [1.807, 2.05) is 62.4 Å². The van der Waals surface area contributed by atoms with Crippen molar-refractivity contribution in [3.63, 3.8) is 0 Å². The number of aryl methyl sites for hydroxylation is 1. The standard InChI is InChI=1S/C28H25BrN2O5S/c1-3-35-24-14-19(10-11-23(24)36-17-26(32)30-22-9-4-6-18(2)12-22)15-25-27(33)31(28(34)37-25)16-20-7-5-8-21(29)13-20/h4-15H,3,16-17H2,1-2H3,(H,30,32)/b25-15+. The lowest BCUT2D eigenvalue weighted by molar-refractivity contribution is -0.123. The number of nitrogens with zero attached hydrogens (tertiary/aromatic N) is 1. The zero-order chi connectivity index (χ0) is 26.4. The number of rotatable bonds is 9. The van der Waals surface area contributed by atoms with Crippen LogP contribution in [0.4, 0.5) is 10.5 Å². The van der Waals surface area contributed by atoms with Crippen molar-refractivity contribution in [2.45, 2.75) is 20.4 Å². The number of thioether (sulfide) groups is 1. The van der Waals surface area contributed by atoms with Crippen LogP contribution < -0.4 is 14.8 Å². The summed E-state index contributed by atoms with van der Waals surface area (Å²) in [5, 5.41) is 2.49. The van der Waals surface area contributed by atoms with Crippen LogP contribution >= 0.6 is 27.7 Å². The molecule has 1 aliphatic heterocycles. The molecule has 0 aromatic heterocycles. The number of anilines is 1. The van der Waals surface area contributed by atoms with Gasteiger partial charge in [0.05, 0.1) is 18.1 Å². The molecular weight excluding hydrogens is 556 g/mol. The van der Waals surface area contributed by atoms with Gasteiger partial charge in [-0.2, -0.15) is 0 Å². The second kappa shape index (κ2) is 12.1. The van der Waals surface area contributed by atoms with Crippen LogP contribution in [0, 0.1) is 6.92 Å². The minimum atomic E-state index is -0.346. The van der Waals surface area contributed by atoms with Gasteiger partial charge in [-0.05, 0) is 84.8 Å². The topological polar surface area (TPSA) is 84.9 Å². The minimum Gasteiger partial charge on any atom is -0.490 e. The zero-order valence-electron chi connectivity index (χ0n) is 20.3.